The van der Waals surface area contributed by atoms with Crippen molar-refractivity contribution in [2.24, 2.45) is 0 Å². The van der Waals surface area contributed by atoms with Crippen LogP contribution in [0.2, 0.25) is 0 Å². The second-order valence-electron chi connectivity index (χ2n) is 5.09. The number of hydrogen-bond acceptors (Lipinski definition) is 1. The number of amides is 2. The summed E-state index contributed by atoms with van der Waals surface area (Å²) in [7, 11) is 1.64. The molecule has 0 aliphatic rings. The first kappa shape index (κ1) is 15.9. The van der Waals surface area contributed by atoms with Crippen LogP contribution in [0.25, 0.3) is 0 Å². The second kappa shape index (κ2) is 7.02. The summed E-state index contributed by atoms with van der Waals surface area (Å²) in [4.78, 5) is 13.6. The molecule has 0 saturated heterocycles. The normalized spacial score (nSPS) is 11.8. The summed E-state index contributed by atoms with van der Waals surface area (Å²) in [5.41, 5.74) is 1.25. The van der Waals surface area contributed by atoms with Crippen molar-refractivity contribution in [2.45, 2.75) is 19.5 Å². The van der Waals surface area contributed by atoms with Crippen molar-refractivity contribution in [3.8, 4) is 0 Å². The first-order chi connectivity index (χ1) is 10.5. The molecule has 0 spiro atoms. The lowest BCUT2D eigenvalue weighted by Gasteiger charge is -2.25. The van der Waals surface area contributed by atoms with Gasteiger partial charge < -0.3 is 10.2 Å². The first-order valence-corrected chi connectivity index (χ1v) is 6.98. The predicted octanol–water partition coefficient (Wildman–Crippen LogP) is 3.87. The molecule has 2 amide bonds. The molecule has 22 heavy (non-hydrogen) atoms. The molecule has 0 radical (unpaired) electrons. The van der Waals surface area contributed by atoms with Gasteiger partial charge in [-0.1, -0.05) is 30.3 Å². The minimum Gasteiger partial charge on any atom is -0.334 e. The maximum absolute atomic E-state index is 13.5. The molecule has 5 heteroatoms. The molecule has 116 valence electrons. The van der Waals surface area contributed by atoms with E-state index in [1.54, 1.807) is 37.4 Å². The van der Waals surface area contributed by atoms with Crippen LogP contribution in [0.15, 0.2) is 48.5 Å². The van der Waals surface area contributed by atoms with E-state index in [1.807, 2.05) is 6.92 Å². The fourth-order valence-electron chi connectivity index (χ4n) is 2.08. The number of hydrogen-bond donors (Lipinski definition) is 1. The van der Waals surface area contributed by atoms with Crippen LogP contribution >= 0.6 is 0 Å². The molecule has 2 aromatic rings. The van der Waals surface area contributed by atoms with Crippen LogP contribution in [0.4, 0.5) is 13.6 Å². The number of nitrogens with zero attached hydrogens (tertiary/aromatic N) is 1. The molecule has 0 aromatic heterocycles. The van der Waals surface area contributed by atoms with E-state index in [0.29, 0.717) is 5.56 Å². The van der Waals surface area contributed by atoms with Gasteiger partial charge in [-0.25, -0.2) is 13.6 Å². The summed E-state index contributed by atoms with van der Waals surface area (Å²) in [6.07, 6.45) is 0. The Kier molecular flexibility index (Phi) is 5.09. The minimum absolute atomic E-state index is 0.117. The molecule has 0 aliphatic heterocycles. The number of nitrogens with one attached hydrogen (secondary N) is 1. The Labute approximate surface area is 128 Å². The van der Waals surface area contributed by atoms with Crippen LogP contribution in [0.5, 0.6) is 0 Å². The van der Waals surface area contributed by atoms with Gasteiger partial charge in [0, 0.05) is 19.2 Å². The molecule has 2 rings (SSSR count). The average Bonchev–Trinajstić information content (AvgIpc) is 2.53. The molecule has 0 fully saturated rings. The maximum Gasteiger partial charge on any atom is 0.317 e. The highest BCUT2D eigenvalue weighted by atomic mass is 19.1. The molecule has 1 unspecified atom stereocenters. The topological polar surface area (TPSA) is 32.3 Å². The highest BCUT2D eigenvalue weighted by Gasteiger charge is 2.17. The summed E-state index contributed by atoms with van der Waals surface area (Å²) in [5.74, 6) is -0.667. The predicted molar refractivity (Wildman–Crippen MR) is 81.2 cm³/mol. The lowest BCUT2D eigenvalue weighted by molar-refractivity contribution is 0.194. The Morgan fingerprint density at radius 1 is 1.14 bits per heavy atom. The van der Waals surface area contributed by atoms with Crippen molar-refractivity contribution < 1.29 is 13.6 Å². The Morgan fingerprint density at radius 2 is 1.77 bits per heavy atom. The third-order valence-electron chi connectivity index (χ3n) is 3.64. The zero-order valence-corrected chi connectivity index (χ0v) is 12.5. The molecular formula is C17H18F2N2O. The summed E-state index contributed by atoms with van der Waals surface area (Å²) in [6.45, 7) is 1.96. The summed E-state index contributed by atoms with van der Waals surface area (Å²) < 4.78 is 26.4. The van der Waals surface area contributed by atoms with Crippen LogP contribution in [-0.4, -0.2) is 18.0 Å². The molecule has 2 aromatic carbocycles. The largest absolute Gasteiger partial charge is 0.334 e. The van der Waals surface area contributed by atoms with E-state index in [2.05, 4.69) is 5.32 Å². The Bertz CT molecular complexity index is 643. The quantitative estimate of drug-likeness (QED) is 0.914. The molecule has 1 atom stereocenters. The highest BCUT2D eigenvalue weighted by molar-refractivity contribution is 5.74. The monoisotopic (exact) mass is 304 g/mol. The van der Waals surface area contributed by atoms with E-state index in [4.69, 9.17) is 0 Å². The van der Waals surface area contributed by atoms with Gasteiger partial charge in [0.05, 0.1) is 6.04 Å². The van der Waals surface area contributed by atoms with E-state index in [-0.39, 0.29) is 30.3 Å². The number of carbonyl (C=O) groups excluding carboxylic acids is 1. The third-order valence-corrected chi connectivity index (χ3v) is 3.64. The molecular weight excluding hydrogens is 286 g/mol. The van der Waals surface area contributed by atoms with Gasteiger partial charge in [-0.15, -0.1) is 0 Å². The number of carbonyl (C=O) groups is 1. The van der Waals surface area contributed by atoms with Crippen LogP contribution < -0.4 is 5.32 Å². The van der Waals surface area contributed by atoms with Crippen LogP contribution in [-0.2, 0) is 6.54 Å². The first-order valence-electron chi connectivity index (χ1n) is 6.98. The van der Waals surface area contributed by atoms with E-state index < -0.39 is 0 Å². The van der Waals surface area contributed by atoms with Crippen molar-refractivity contribution in [2.75, 3.05) is 7.05 Å². The third kappa shape index (κ3) is 3.81. The van der Waals surface area contributed by atoms with E-state index in [0.717, 1.165) is 5.56 Å². The smallest absolute Gasteiger partial charge is 0.317 e. The van der Waals surface area contributed by atoms with Crippen molar-refractivity contribution in [3.05, 3.63) is 71.3 Å². The average molecular weight is 304 g/mol. The van der Waals surface area contributed by atoms with Crippen molar-refractivity contribution in [1.29, 1.82) is 0 Å². The van der Waals surface area contributed by atoms with E-state index >= 15 is 0 Å². The molecule has 1 N–H and O–H groups in total. The standard InChI is InChI=1S/C17H18F2N2O/c1-12(13-7-9-15(18)10-8-13)21(2)17(22)20-11-14-5-3-4-6-16(14)19/h3-10,12H,11H2,1-2H3,(H,20,22). The van der Waals surface area contributed by atoms with Gasteiger partial charge in [-0.3, -0.25) is 0 Å². The maximum atomic E-state index is 13.5. The van der Waals surface area contributed by atoms with Crippen molar-refractivity contribution in [3.63, 3.8) is 0 Å². The molecule has 0 saturated carbocycles. The van der Waals surface area contributed by atoms with Crippen LogP contribution in [0.3, 0.4) is 0 Å². The van der Waals surface area contributed by atoms with Crippen LogP contribution in [0, 0.1) is 11.6 Å². The van der Waals surface area contributed by atoms with Crippen LogP contribution in [0.1, 0.15) is 24.1 Å². The molecule has 0 bridgehead atoms. The number of urea groups is 1. The summed E-state index contributed by atoms with van der Waals surface area (Å²) in [5, 5.41) is 2.67. The van der Waals surface area contributed by atoms with Gasteiger partial charge in [-0.2, -0.15) is 0 Å². The van der Waals surface area contributed by atoms with Gasteiger partial charge in [0.25, 0.3) is 0 Å². The molecule has 0 heterocycles. The van der Waals surface area contributed by atoms with Crippen molar-refractivity contribution >= 4 is 6.03 Å². The van der Waals surface area contributed by atoms with Gasteiger partial charge in [0.1, 0.15) is 11.6 Å². The van der Waals surface area contributed by atoms with Crippen molar-refractivity contribution in [1.82, 2.24) is 10.2 Å². The van der Waals surface area contributed by atoms with Gasteiger partial charge >= 0.3 is 6.03 Å². The summed E-state index contributed by atoms with van der Waals surface area (Å²) in [6, 6.07) is 11.8. The number of halogens is 2. The van der Waals surface area contributed by atoms with E-state index in [1.165, 1.54) is 23.1 Å². The Balaban J connectivity index is 1.97. The van der Waals surface area contributed by atoms with Gasteiger partial charge in [-0.05, 0) is 30.7 Å². The Morgan fingerprint density at radius 3 is 2.41 bits per heavy atom. The zero-order valence-electron chi connectivity index (χ0n) is 12.5. The minimum atomic E-state index is -0.350. The zero-order chi connectivity index (χ0) is 16.1. The fraction of sp³-hybridized carbons (Fsp3) is 0.235. The Hall–Kier alpha value is -2.43. The SMILES string of the molecule is CC(c1ccc(F)cc1)N(C)C(=O)NCc1ccccc1F. The second-order valence-corrected chi connectivity index (χ2v) is 5.09. The number of benzene rings is 2. The van der Waals surface area contributed by atoms with Gasteiger partial charge in [0.2, 0.25) is 0 Å². The lowest BCUT2D eigenvalue weighted by Crippen LogP contribution is -2.38. The summed E-state index contributed by atoms with van der Waals surface area (Å²) >= 11 is 0. The van der Waals surface area contributed by atoms with E-state index in [9.17, 15) is 13.6 Å². The lowest BCUT2D eigenvalue weighted by atomic mass is 10.1. The number of rotatable bonds is 4. The molecule has 3 nitrogen and oxygen atoms in total. The molecule has 0 aliphatic carbocycles. The fourth-order valence-corrected chi connectivity index (χ4v) is 2.08. The van der Waals surface area contributed by atoms with Gasteiger partial charge in [0.15, 0.2) is 0 Å². The highest BCUT2D eigenvalue weighted by Crippen LogP contribution is 2.19.